The Morgan fingerprint density at radius 1 is 0.473 bits per heavy atom. The number of hydrogen-bond acceptors (Lipinski definition) is 3. The molecule has 0 atom stereocenters. The zero-order valence-corrected chi connectivity index (χ0v) is 33.4. The van der Waals surface area contributed by atoms with Gasteiger partial charge in [-0.15, -0.1) is 47.5 Å². The smallest absolute Gasteiger partial charge is 0.497 e. The molecule has 9 rings (SSSR count). The van der Waals surface area contributed by atoms with Crippen molar-refractivity contribution in [2.45, 2.75) is 33.1 Å². The molecule has 0 amide bonds. The fourth-order valence-electron chi connectivity index (χ4n) is 7.49. The van der Waals surface area contributed by atoms with Crippen LogP contribution in [0, 0.1) is 19.1 Å². The Labute approximate surface area is 338 Å². The molecule has 1 aliphatic rings. The van der Waals surface area contributed by atoms with Gasteiger partial charge in [0.05, 0.1) is 0 Å². The number of ether oxygens (including phenoxy) is 1. The number of aryl methyl sites for hydroxylation is 1. The molecule has 8 aromatic rings. The Morgan fingerprint density at radius 3 is 1.49 bits per heavy atom. The third-order valence-electron chi connectivity index (χ3n) is 10.3. The second-order valence-electron chi connectivity index (χ2n) is 14.9. The standard InChI is InChI=1S/C51H38N2O.Pt/c1-33-32-53-50(36-14-12-16-39(28-36)54-38-15-11-13-35(27-38)49-30-37(25-26-52-49)51(2,3)4)31-47(33)34-23-24-46-44-21-8-7-19-42(44)40-17-5-6-18-41(40)43-20-9-10-22-45(43)48(46)29-34;/h5-26,29-32H,1-4H3;/q-2;+2. The average Bonchev–Trinajstić information content (AvgIpc) is 3.20. The molecular formula is C51H38N2OPt. The molecule has 2 aromatic heterocycles. The van der Waals surface area contributed by atoms with Crippen LogP contribution in [0.25, 0.3) is 78.1 Å². The van der Waals surface area contributed by atoms with Gasteiger partial charge < -0.3 is 14.7 Å². The number of hydrogen-bond donors (Lipinski definition) is 0. The third kappa shape index (κ3) is 6.97. The first-order chi connectivity index (χ1) is 26.3. The quantitative estimate of drug-likeness (QED) is 0.162. The zero-order valence-electron chi connectivity index (χ0n) is 31.1. The summed E-state index contributed by atoms with van der Waals surface area (Å²) < 4.78 is 6.34. The van der Waals surface area contributed by atoms with Crippen LogP contribution >= 0.6 is 0 Å². The van der Waals surface area contributed by atoms with Crippen LogP contribution < -0.4 is 4.74 Å². The van der Waals surface area contributed by atoms with Crippen LogP contribution in [0.3, 0.4) is 0 Å². The fourth-order valence-corrected chi connectivity index (χ4v) is 7.49. The van der Waals surface area contributed by atoms with Crippen LogP contribution in [0.4, 0.5) is 0 Å². The monoisotopic (exact) mass is 889 g/mol. The van der Waals surface area contributed by atoms with E-state index in [0.29, 0.717) is 11.5 Å². The molecular weight excluding hydrogens is 852 g/mol. The number of aromatic nitrogens is 2. The minimum atomic E-state index is 0. The molecule has 0 fully saturated rings. The van der Waals surface area contributed by atoms with E-state index in [2.05, 4.69) is 154 Å². The molecule has 3 nitrogen and oxygen atoms in total. The SMILES string of the molecule is Cc1cnc(-c2[c-]c(Oc3[c-]c(-c4cc(C(C)(C)C)ccn4)ccc3)ccc2)cc1-c1ccc2c(c1)-c1ccccc1-c1ccccc1-c1ccccc1-2.[Pt+2]. The number of pyridine rings is 2. The molecule has 55 heavy (non-hydrogen) atoms. The van der Waals surface area contributed by atoms with Crippen LogP contribution in [-0.4, -0.2) is 9.97 Å². The van der Waals surface area contributed by atoms with Gasteiger partial charge in [0.15, 0.2) is 0 Å². The summed E-state index contributed by atoms with van der Waals surface area (Å²) in [5, 5.41) is 0. The van der Waals surface area contributed by atoms with Crippen molar-refractivity contribution in [1.29, 1.82) is 0 Å². The predicted octanol–water partition coefficient (Wildman–Crippen LogP) is 13.5. The van der Waals surface area contributed by atoms with Gasteiger partial charge in [-0.25, -0.2) is 0 Å². The summed E-state index contributed by atoms with van der Waals surface area (Å²) in [5.74, 6) is 1.20. The van der Waals surface area contributed by atoms with Crippen molar-refractivity contribution >= 4 is 0 Å². The second kappa shape index (κ2) is 14.7. The van der Waals surface area contributed by atoms with Crippen molar-refractivity contribution in [2.75, 3.05) is 0 Å². The van der Waals surface area contributed by atoms with Crippen LogP contribution in [0.5, 0.6) is 11.5 Å². The van der Waals surface area contributed by atoms with Gasteiger partial charge in [-0.05, 0) is 103 Å². The first-order valence-electron chi connectivity index (χ1n) is 18.4. The molecule has 0 spiro atoms. The summed E-state index contributed by atoms with van der Waals surface area (Å²) in [5.41, 5.74) is 17.9. The Hall–Kier alpha value is -5.89. The molecule has 0 aliphatic heterocycles. The van der Waals surface area contributed by atoms with E-state index in [1.165, 1.54) is 50.1 Å². The van der Waals surface area contributed by atoms with Gasteiger partial charge in [-0.3, -0.25) is 0 Å². The maximum absolute atomic E-state index is 6.34. The van der Waals surface area contributed by atoms with E-state index < -0.39 is 0 Å². The van der Waals surface area contributed by atoms with Gasteiger partial charge in [-0.2, -0.15) is 0 Å². The van der Waals surface area contributed by atoms with E-state index in [1.807, 2.05) is 48.8 Å². The van der Waals surface area contributed by atoms with Gasteiger partial charge in [-0.1, -0.05) is 130 Å². The summed E-state index contributed by atoms with van der Waals surface area (Å²) in [6.07, 6.45) is 3.82. The largest absolute Gasteiger partial charge is 2.00 e. The van der Waals surface area contributed by atoms with Crippen molar-refractivity contribution in [3.8, 4) is 89.6 Å². The fraction of sp³-hybridized carbons (Fsp3) is 0.0980. The van der Waals surface area contributed by atoms with E-state index in [-0.39, 0.29) is 26.5 Å². The minimum Gasteiger partial charge on any atom is -0.497 e. The summed E-state index contributed by atoms with van der Waals surface area (Å²) in [7, 11) is 0. The first-order valence-corrected chi connectivity index (χ1v) is 18.4. The minimum absolute atomic E-state index is 0. The second-order valence-corrected chi connectivity index (χ2v) is 14.9. The molecule has 0 bridgehead atoms. The predicted molar refractivity (Wildman–Crippen MR) is 221 cm³/mol. The van der Waals surface area contributed by atoms with Gasteiger partial charge in [0.25, 0.3) is 0 Å². The molecule has 0 radical (unpaired) electrons. The van der Waals surface area contributed by atoms with Crippen LogP contribution in [0.15, 0.2) is 158 Å². The average molecular weight is 890 g/mol. The molecule has 4 heteroatoms. The Balaban J connectivity index is 0.00000427. The maximum atomic E-state index is 6.34. The number of benzene rings is 6. The summed E-state index contributed by atoms with van der Waals surface area (Å²) in [6.45, 7) is 8.74. The summed E-state index contributed by atoms with van der Waals surface area (Å²) in [6, 6.07) is 58.3. The van der Waals surface area contributed by atoms with Gasteiger partial charge >= 0.3 is 21.1 Å². The van der Waals surface area contributed by atoms with Crippen molar-refractivity contribution in [3.05, 3.63) is 181 Å². The number of fused-ring (bicyclic) bond motifs is 8. The van der Waals surface area contributed by atoms with E-state index in [0.717, 1.165) is 39.2 Å². The van der Waals surface area contributed by atoms with E-state index in [9.17, 15) is 0 Å². The molecule has 268 valence electrons. The van der Waals surface area contributed by atoms with Crippen molar-refractivity contribution in [2.24, 2.45) is 0 Å². The molecule has 6 aromatic carbocycles. The first kappa shape index (κ1) is 36.1. The summed E-state index contributed by atoms with van der Waals surface area (Å²) >= 11 is 0. The maximum Gasteiger partial charge on any atom is 2.00 e. The van der Waals surface area contributed by atoms with Crippen molar-refractivity contribution < 1.29 is 25.8 Å². The van der Waals surface area contributed by atoms with Crippen LogP contribution in [-0.2, 0) is 26.5 Å². The topological polar surface area (TPSA) is 35.0 Å². The third-order valence-corrected chi connectivity index (χ3v) is 10.3. The Kier molecular flexibility index (Phi) is 9.67. The molecule has 1 aliphatic carbocycles. The number of rotatable bonds is 5. The van der Waals surface area contributed by atoms with Crippen molar-refractivity contribution in [3.63, 3.8) is 0 Å². The van der Waals surface area contributed by atoms with Gasteiger partial charge in [0, 0.05) is 23.9 Å². The molecule has 0 N–H and O–H groups in total. The van der Waals surface area contributed by atoms with Gasteiger partial charge in [0.1, 0.15) is 0 Å². The van der Waals surface area contributed by atoms with E-state index >= 15 is 0 Å². The van der Waals surface area contributed by atoms with Crippen LogP contribution in [0.1, 0.15) is 31.9 Å². The number of nitrogens with zero attached hydrogens (tertiary/aromatic N) is 2. The van der Waals surface area contributed by atoms with Crippen molar-refractivity contribution in [1.82, 2.24) is 9.97 Å². The summed E-state index contributed by atoms with van der Waals surface area (Å²) in [4.78, 5) is 9.49. The molecule has 0 unspecified atom stereocenters. The Morgan fingerprint density at radius 2 is 0.964 bits per heavy atom. The molecule has 2 heterocycles. The normalized spacial score (nSPS) is 11.5. The molecule has 0 saturated heterocycles. The van der Waals surface area contributed by atoms with Gasteiger partial charge in [0.2, 0.25) is 0 Å². The van der Waals surface area contributed by atoms with E-state index in [4.69, 9.17) is 9.72 Å². The molecule has 0 saturated carbocycles. The zero-order chi connectivity index (χ0) is 36.8. The Bertz CT molecular complexity index is 2700. The van der Waals surface area contributed by atoms with Crippen LogP contribution in [0.2, 0.25) is 0 Å². The van der Waals surface area contributed by atoms with E-state index in [1.54, 1.807) is 0 Å².